The Hall–Kier alpha value is -1.40. The molecule has 6 heteroatoms. The molecule has 1 N–H and O–H groups in total. The minimum absolute atomic E-state index is 0.0390. The number of morpholine rings is 1. The second-order valence-corrected chi connectivity index (χ2v) is 5.52. The van der Waals surface area contributed by atoms with Gasteiger partial charge in [0.1, 0.15) is 6.04 Å². The van der Waals surface area contributed by atoms with Crippen molar-refractivity contribution in [3.05, 3.63) is 22.4 Å². The second kappa shape index (κ2) is 6.68. The first-order valence-electron chi connectivity index (χ1n) is 6.35. The zero-order valence-corrected chi connectivity index (χ0v) is 11.7. The van der Waals surface area contributed by atoms with Crippen LogP contribution in [-0.2, 0) is 20.7 Å². The number of hydrogen-bond donors (Lipinski definition) is 1. The molecule has 5 nitrogen and oxygen atoms in total. The molecule has 104 valence electrons. The number of nitrogens with one attached hydrogen (secondary N) is 1. The van der Waals surface area contributed by atoms with Crippen LogP contribution in [0.3, 0.4) is 0 Å². The Labute approximate surface area is 116 Å². The molecule has 1 atom stereocenters. The van der Waals surface area contributed by atoms with Crippen LogP contribution >= 0.6 is 11.3 Å². The highest BCUT2D eigenvalue weighted by Crippen LogP contribution is 2.09. The quantitative estimate of drug-likeness (QED) is 0.882. The van der Waals surface area contributed by atoms with Crippen molar-refractivity contribution >= 4 is 23.2 Å². The average Bonchev–Trinajstić information content (AvgIpc) is 2.91. The van der Waals surface area contributed by atoms with Crippen molar-refractivity contribution in [1.82, 2.24) is 10.2 Å². The summed E-state index contributed by atoms with van der Waals surface area (Å²) >= 11 is 1.54. The molecule has 0 saturated carbocycles. The van der Waals surface area contributed by atoms with Gasteiger partial charge in [-0.2, -0.15) is 0 Å². The molecule has 1 fully saturated rings. The summed E-state index contributed by atoms with van der Waals surface area (Å²) in [6.45, 7) is 4.07. The maximum Gasteiger partial charge on any atom is 0.245 e. The highest BCUT2D eigenvalue weighted by Gasteiger charge is 2.23. The molecule has 2 amide bonds. The number of rotatable bonds is 4. The largest absolute Gasteiger partial charge is 0.378 e. The van der Waals surface area contributed by atoms with E-state index in [1.807, 2.05) is 17.5 Å². The van der Waals surface area contributed by atoms with E-state index in [0.29, 0.717) is 32.7 Å². The molecule has 0 aliphatic carbocycles. The number of ether oxygens (including phenoxy) is 1. The Balaban J connectivity index is 1.80. The predicted octanol–water partition coefficient (Wildman–Crippen LogP) is 0.654. The summed E-state index contributed by atoms with van der Waals surface area (Å²) in [6.07, 6.45) is 0.332. The summed E-state index contributed by atoms with van der Waals surface area (Å²) in [7, 11) is 0. The van der Waals surface area contributed by atoms with Crippen molar-refractivity contribution in [2.75, 3.05) is 26.3 Å². The fourth-order valence-corrected chi connectivity index (χ4v) is 2.69. The normalized spacial score (nSPS) is 17.0. The second-order valence-electron chi connectivity index (χ2n) is 4.48. The van der Waals surface area contributed by atoms with Gasteiger partial charge < -0.3 is 15.0 Å². The minimum Gasteiger partial charge on any atom is -0.378 e. The molecule has 1 aromatic rings. The molecule has 1 saturated heterocycles. The van der Waals surface area contributed by atoms with E-state index in [9.17, 15) is 9.59 Å². The molecule has 0 aromatic carbocycles. The molecule has 2 heterocycles. The van der Waals surface area contributed by atoms with Crippen molar-refractivity contribution in [3.63, 3.8) is 0 Å². The fourth-order valence-electron chi connectivity index (χ4n) is 1.98. The standard InChI is InChI=1S/C13H18N2O3S/c1-10(13(17)15-4-6-18-7-5-15)14-12(16)9-11-3-2-8-19-11/h2-3,8,10H,4-7,9H2,1H3,(H,14,16)/t10-/m1/s1. The summed E-state index contributed by atoms with van der Waals surface area (Å²) in [5, 5.41) is 4.69. The molecule has 0 bridgehead atoms. The van der Waals surface area contributed by atoms with Crippen LogP contribution in [0.25, 0.3) is 0 Å². The van der Waals surface area contributed by atoms with Gasteiger partial charge in [-0.05, 0) is 18.4 Å². The summed E-state index contributed by atoms with van der Waals surface area (Å²) in [5.74, 6) is -0.153. The van der Waals surface area contributed by atoms with Crippen molar-refractivity contribution in [2.24, 2.45) is 0 Å². The summed E-state index contributed by atoms with van der Waals surface area (Å²) in [6, 6.07) is 3.35. The maximum atomic E-state index is 12.1. The van der Waals surface area contributed by atoms with Crippen LogP contribution in [0.1, 0.15) is 11.8 Å². The minimum atomic E-state index is -0.481. The monoisotopic (exact) mass is 282 g/mol. The topological polar surface area (TPSA) is 58.6 Å². The Kier molecular flexibility index (Phi) is 4.93. The van der Waals surface area contributed by atoms with E-state index >= 15 is 0 Å². The number of nitrogens with zero attached hydrogens (tertiary/aromatic N) is 1. The van der Waals surface area contributed by atoms with E-state index in [2.05, 4.69) is 5.32 Å². The van der Waals surface area contributed by atoms with E-state index in [4.69, 9.17) is 4.74 Å². The van der Waals surface area contributed by atoms with Crippen LogP contribution in [0, 0.1) is 0 Å². The predicted molar refractivity (Wildman–Crippen MR) is 73.0 cm³/mol. The van der Waals surface area contributed by atoms with Crippen LogP contribution in [0.5, 0.6) is 0 Å². The zero-order chi connectivity index (χ0) is 13.7. The third kappa shape index (κ3) is 4.04. The van der Waals surface area contributed by atoms with Gasteiger partial charge >= 0.3 is 0 Å². The fraction of sp³-hybridized carbons (Fsp3) is 0.538. The Morgan fingerprint density at radius 2 is 2.21 bits per heavy atom. The van der Waals surface area contributed by atoms with Gasteiger partial charge in [0, 0.05) is 18.0 Å². The van der Waals surface area contributed by atoms with Crippen LogP contribution in [-0.4, -0.2) is 49.1 Å². The number of hydrogen-bond acceptors (Lipinski definition) is 4. The number of thiophene rings is 1. The van der Waals surface area contributed by atoms with E-state index in [1.54, 1.807) is 23.2 Å². The van der Waals surface area contributed by atoms with E-state index in [-0.39, 0.29) is 11.8 Å². The highest BCUT2D eigenvalue weighted by molar-refractivity contribution is 7.10. The lowest BCUT2D eigenvalue weighted by Crippen LogP contribution is -2.50. The van der Waals surface area contributed by atoms with Crippen LogP contribution in [0.4, 0.5) is 0 Å². The third-order valence-corrected chi connectivity index (χ3v) is 3.86. The zero-order valence-electron chi connectivity index (χ0n) is 10.9. The lowest BCUT2D eigenvalue weighted by molar-refractivity contribution is -0.139. The first-order chi connectivity index (χ1) is 9.16. The summed E-state index contributed by atoms with van der Waals surface area (Å²) < 4.78 is 5.20. The molecule has 19 heavy (non-hydrogen) atoms. The van der Waals surface area contributed by atoms with Gasteiger partial charge in [-0.1, -0.05) is 6.07 Å². The lowest BCUT2D eigenvalue weighted by Gasteiger charge is -2.29. The molecule has 0 spiro atoms. The summed E-state index contributed by atoms with van der Waals surface area (Å²) in [5.41, 5.74) is 0. The lowest BCUT2D eigenvalue weighted by atomic mass is 10.2. The maximum absolute atomic E-state index is 12.1. The van der Waals surface area contributed by atoms with Gasteiger partial charge in [-0.3, -0.25) is 9.59 Å². The first kappa shape index (κ1) is 14.0. The van der Waals surface area contributed by atoms with E-state index < -0.39 is 6.04 Å². The number of carbonyl (C=O) groups excluding carboxylic acids is 2. The third-order valence-electron chi connectivity index (χ3n) is 2.99. The smallest absolute Gasteiger partial charge is 0.245 e. The van der Waals surface area contributed by atoms with Crippen molar-refractivity contribution in [2.45, 2.75) is 19.4 Å². The van der Waals surface area contributed by atoms with Gasteiger partial charge in [-0.15, -0.1) is 11.3 Å². The van der Waals surface area contributed by atoms with E-state index in [0.717, 1.165) is 4.88 Å². The van der Waals surface area contributed by atoms with Gasteiger partial charge in [0.25, 0.3) is 0 Å². The van der Waals surface area contributed by atoms with E-state index in [1.165, 1.54) is 0 Å². The molecule has 1 aliphatic heterocycles. The summed E-state index contributed by atoms with van der Waals surface area (Å²) in [4.78, 5) is 26.6. The van der Waals surface area contributed by atoms with Crippen LogP contribution < -0.4 is 5.32 Å². The molecular formula is C13H18N2O3S. The van der Waals surface area contributed by atoms with Crippen molar-refractivity contribution in [3.8, 4) is 0 Å². The van der Waals surface area contributed by atoms with Crippen molar-refractivity contribution < 1.29 is 14.3 Å². The number of carbonyl (C=O) groups is 2. The molecule has 1 aliphatic rings. The van der Waals surface area contributed by atoms with Gasteiger partial charge in [-0.25, -0.2) is 0 Å². The van der Waals surface area contributed by atoms with Gasteiger partial charge in [0.2, 0.25) is 11.8 Å². The molecule has 1 aromatic heterocycles. The van der Waals surface area contributed by atoms with Gasteiger partial charge in [0.15, 0.2) is 0 Å². The first-order valence-corrected chi connectivity index (χ1v) is 7.23. The SMILES string of the molecule is C[C@@H](NC(=O)Cc1cccs1)C(=O)N1CCOCC1. The Morgan fingerprint density at radius 1 is 1.47 bits per heavy atom. The molecular weight excluding hydrogens is 264 g/mol. The molecule has 2 rings (SSSR count). The molecule has 0 unspecified atom stereocenters. The van der Waals surface area contributed by atoms with Crippen LogP contribution in [0.15, 0.2) is 17.5 Å². The number of amides is 2. The Morgan fingerprint density at radius 3 is 2.84 bits per heavy atom. The van der Waals surface area contributed by atoms with Crippen LogP contribution in [0.2, 0.25) is 0 Å². The van der Waals surface area contributed by atoms with Crippen molar-refractivity contribution in [1.29, 1.82) is 0 Å². The molecule has 0 radical (unpaired) electrons. The Bertz CT molecular complexity index is 427. The highest BCUT2D eigenvalue weighted by atomic mass is 32.1. The average molecular weight is 282 g/mol. The van der Waals surface area contributed by atoms with Gasteiger partial charge in [0.05, 0.1) is 19.6 Å².